The van der Waals surface area contributed by atoms with Crippen LogP contribution in [0.5, 0.6) is 0 Å². The highest BCUT2D eigenvalue weighted by atomic mass is 32.2. The van der Waals surface area contributed by atoms with Gasteiger partial charge in [-0.2, -0.15) is 0 Å². The van der Waals surface area contributed by atoms with Crippen LogP contribution in [0.25, 0.3) is 0 Å². The van der Waals surface area contributed by atoms with Gasteiger partial charge in [-0.05, 0) is 11.4 Å². The summed E-state index contributed by atoms with van der Waals surface area (Å²) < 4.78 is 29.7. The second kappa shape index (κ2) is 4.15. The number of Topliss-reactive ketones (excluding diaryl/α,β-unsaturated/α-hetero) is 1. The van der Waals surface area contributed by atoms with E-state index in [1.165, 1.54) is 22.8 Å². The summed E-state index contributed by atoms with van der Waals surface area (Å²) in [5.74, 6) is -0.761. The lowest BCUT2D eigenvalue weighted by atomic mass is 10.3. The molecular weight excluding hydrogens is 250 g/mol. The van der Waals surface area contributed by atoms with E-state index in [0.717, 1.165) is 0 Å². The number of carbonyl (C=O) groups excluding carboxylic acids is 1. The number of ketones is 1. The number of sulfonamides is 1. The van der Waals surface area contributed by atoms with E-state index in [1.807, 2.05) is 0 Å². The molecule has 1 aromatic rings. The summed E-state index contributed by atoms with van der Waals surface area (Å²) >= 11 is 1.27. The van der Waals surface area contributed by atoms with Crippen LogP contribution < -0.4 is 4.31 Å². The predicted molar refractivity (Wildman–Crippen MR) is 61.7 cm³/mol. The van der Waals surface area contributed by atoms with Gasteiger partial charge in [0.25, 0.3) is 0 Å². The number of hydrogen-bond acceptors (Lipinski definition) is 5. The molecule has 2 heterocycles. The third-order valence-corrected chi connectivity index (χ3v) is 4.94. The van der Waals surface area contributed by atoms with Crippen molar-refractivity contribution < 1.29 is 17.9 Å². The summed E-state index contributed by atoms with van der Waals surface area (Å²) in [7, 11) is -2.01. The van der Waals surface area contributed by atoms with Gasteiger partial charge >= 0.3 is 0 Å². The molecule has 7 heteroatoms. The number of methoxy groups -OCH3 is 1. The largest absolute Gasteiger partial charge is 0.383 e. The maximum absolute atomic E-state index is 11.8. The van der Waals surface area contributed by atoms with E-state index >= 15 is 0 Å². The van der Waals surface area contributed by atoms with Crippen LogP contribution in [0.1, 0.15) is 9.67 Å². The molecular formula is C9H11NO4S2. The number of anilines is 1. The topological polar surface area (TPSA) is 63.7 Å². The fraction of sp³-hybridized carbons (Fsp3) is 0.444. The molecule has 0 radical (unpaired) electrons. The van der Waals surface area contributed by atoms with Crippen molar-refractivity contribution in [2.24, 2.45) is 0 Å². The molecule has 0 saturated heterocycles. The van der Waals surface area contributed by atoms with Gasteiger partial charge in [0.15, 0.2) is 5.78 Å². The minimum absolute atomic E-state index is 0.246. The fourth-order valence-corrected chi connectivity index (χ4v) is 4.02. The second-order valence-corrected chi connectivity index (χ2v) is 6.19. The minimum atomic E-state index is -3.52. The van der Waals surface area contributed by atoms with E-state index in [4.69, 9.17) is 4.74 Å². The predicted octanol–water partition coefficient (Wildman–Crippen LogP) is 0.727. The Morgan fingerprint density at radius 3 is 3.00 bits per heavy atom. The molecule has 0 saturated carbocycles. The lowest BCUT2D eigenvalue weighted by Gasteiger charge is -2.27. The Kier molecular flexibility index (Phi) is 3.00. The number of carbonyl (C=O) groups is 1. The Hall–Kier alpha value is -0.920. The van der Waals surface area contributed by atoms with Crippen molar-refractivity contribution in [3.8, 4) is 0 Å². The van der Waals surface area contributed by atoms with E-state index in [2.05, 4.69) is 0 Å². The summed E-state index contributed by atoms with van der Waals surface area (Å²) in [5.41, 5.74) is 0.485. The van der Waals surface area contributed by atoms with E-state index in [0.29, 0.717) is 17.2 Å². The molecule has 1 aromatic heterocycles. The zero-order valence-electron chi connectivity index (χ0n) is 8.67. The maximum atomic E-state index is 11.8. The third-order valence-electron chi connectivity index (χ3n) is 2.31. The summed E-state index contributed by atoms with van der Waals surface area (Å²) in [6, 6.07) is 1.66. The summed E-state index contributed by atoms with van der Waals surface area (Å²) in [4.78, 5) is 12.1. The quantitative estimate of drug-likeness (QED) is 0.804. The lowest BCUT2D eigenvalue weighted by molar-refractivity contribution is 0.102. The van der Waals surface area contributed by atoms with Gasteiger partial charge in [0.1, 0.15) is 5.75 Å². The Labute approximate surface area is 97.7 Å². The van der Waals surface area contributed by atoms with Crippen LogP contribution >= 0.6 is 11.3 Å². The van der Waals surface area contributed by atoms with Crippen molar-refractivity contribution in [1.82, 2.24) is 0 Å². The smallest absolute Gasteiger partial charge is 0.242 e. The molecule has 1 aliphatic heterocycles. The SMILES string of the molecule is COCCN1c2ccsc2C(=O)CS1(=O)=O. The first-order valence-corrected chi connectivity index (χ1v) is 7.15. The highest BCUT2D eigenvalue weighted by Crippen LogP contribution is 2.33. The Morgan fingerprint density at radius 2 is 2.31 bits per heavy atom. The van der Waals surface area contributed by atoms with Gasteiger partial charge in [0.05, 0.1) is 23.7 Å². The summed E-state index contributed by atoms with van der Waals surface area (Å²) in [6.45, 7) is 0.554. The van der Waals surface area contributed by atoms with Crippen LogP contribution in [0.3, 0.4) is 0 Å². The van der Waals surface area contributed by atoms with Gasteiger partial charge in [-0.1, -0.05) is 0 Å². The molecule has 0 atom stereocenters. The molecule has 5 nitrogen and oxygen atoms in total. The zero-order chi connectivity index (χ0) is 11.8. The number of ether oxygens (including phenoxy) is 1. The monoisotopic (exact) mass is 261 g/mol. The third kappa shape index (κ3) is 1.85. The van der Waals surface area contributed by atoms with Gasteiger partial charge in [0, 0.05) is 7.11 Å². The average Bonchev–Trinajstić information content (AvgIpc) is 2.65. The lowest BCUT2D eigenvalue weighted by Crippen LogP contribution is -2.41. The Bertz CT molecular complexity index is 505. The van der Waals surface area contributed by atoms with Crippen molar-refractivity contribution in [3.05, 3.63) is 16.3 Å². The van der Waals surface area contributed by atoms with Gasteiger partial charge in [-0.3, -0.25) is 9.10 Å². The van der Waals surface area contributed by atoms with Gasteiger partial charge in [-0.15, -0.1) is 11.3 Å². The highest BCUT2D eigenvalue weighted by molar-refractivity contribution is 7.93. The summed E-state index contributed by atoms with van der Waals surface area (Å²) in [6.07, 6.45) is 0. The number of hydrogen-bond donors (Lipinski definition) is 0. The molecule has 0 N–H and O–H groups in total. The number of thiophene rings is 1. The van der Waals surface area contributed by atoms with Crippen molar-refractivity contribution >= 4 is 32.8 Å². The van der Waals surface area contributed by atoms with E-state index in [1.54, 1.807) is 11.4 Å². The zero-order valence-corrected chi connectivity index (χ0v) is 10.3. The molecule has 2 rings (SSSR count). The fourth-order valence-electron chi connectivity index (χ4n) is 1.60. The highest BCUT2D eigenvalue weighted by Gasteiger charge is 2.35. The molecule has 0 aromatic carbocycles. The molecule has 88 valence electrons. The minimum Gasteiger partial charge on any atom is -0.383 e. The average molecular weight is 261 g/mol. The van der Waals surface area contributed by atoms with E-state index in [-0.39, 0.29) is 12.3 Å². The molecule has 0 bridgehead atoms. The number of nitrogens with zero attached hydrogens (tertiary/aromatic N) is 1. The van der Waals surface area contributed by atoms with Crippen LogP contribution in [0.15, 0.2) is 11.4 Å². The normalized spacial score (nSPS) is 18.6. The molecule has 0 amide bonds. The van der Waals surface area contributed by atoms with Crippen molar-refractivity contribution in [3.63, 3.8) is 0 Å². The van der Waals surface area contributed by atoms with Crippen LogP contribution in [-0.2, 0) is 14.8 Å². The number of fused-ring (bicyclic) bond motifs is 1. The number of rotatable bonds is 3. The molecule has 0 aliphatic carbocycles. The van der Waals surface area contributed by atoms with Gasteiger partial charge < -0.3 is 4.74 Å². The van der Waals surface area contributed by atoms with Crippen LogP contribution in [0, 0.1) is 0 Å². The molecule has 1 aliphatic rings. The van der Waals surface area contributed by atoms with Crippen LogP contribution in [0.4, 0.5) is 5.69 Å². The first-order valence-electron chi connectivity index (χ1n) is 4.66. The van der Waals surface area contributed by atoms with Crippen molar-refractivity contribution in [2.75, 3.05) is 30.3 Å². The van der Waals surface area contributed by atoms with Crippen LogP contribution in [0.2, 0.25) is 0 Å². The standard InChI is InChI=1S/C9H11NO4S2/c1-14-4-3-10-7-2-5-15-9(7)8(11)6-16(10,12)13/h2,5H,3-4,6H2,1H3. The summed E-state index contributed by atoms with van der Waals surface area (Å²) in [5, 5.41) is 1.73. The van der Waals surface area contributed by atoms with Crippen molar-refractivity contribution in [1.29, 1.82) is 0 Å². The first-order chi connectivity index (χ1) is 7.56. The molecule has 0 unspecified atom stereocenters. The molecule has 0 spiro atoms. The van der Waals surface area contributed by atoms with E-state index in [9.17, 15) is 13.2 Å². The van der Waals surface area contributed by atoms with Crippen molar-refractivity contribution in [2.45, 2.75) is 0 Å². The molecule has 16 heavy (non-hydrogen) atoms. The maximum Gasteiger partial charge on any atom is 0.242 e. The second-order valence-electron chi connectivity index (χ2n) is 3.38. The van der Waals surface area contributed by atoms with Gasteiger partial charge in [0.2, 0.25) is 10.0 Å². The van der Waals surface area contributed by atoms with Crippen LogP contribution in [-0.4, -0.2) is 40.2 Å². The Morgan fingerprint density at radius 1 is 1.56 bits per heavy atom. The van der Waals surface area contributed by atoms with Gasteiger partial charge in [-0.25, -0.2) is 8.42 Å². The first kappa shape index (κ1) is 11.6. The Balaban J connectivity index is 2.42. The van der Waals surface area contributed by atoms with E-state index < -0.39 is 15.8 Å². The molecule has 0 fully saturated rings.